The Bertz CT molecular complexity index is 596. The molecule has 19 heavy (non-hydrogen) atoms. The Morgan fingerprint density at radius 1 is 0.842 bits per heavy atom. The van der Waals surface area contributed by atoms with E-state index in [9.17, 15) is 5.11 Å². The third kappa shape index (κ3) is 1.92. The van der Waals surface area contributed by atoms with Crippen molar-refractivity contribution >= 4 is 0 Å². The molecule has 2 aromatic carbocycles. The van der Waals surface area contributed by atoms with Crippen LogP contribution in [0.3, 0.4) is 0 Å². The summed E-state index contributed by atoms with van der Waals surface area (Å²) in [6.07, 6.45) is 1.61. The smallest absolute Gasteiger partial charge is 0.160 e. The van der Waals surface area contributed by atoms with Crippen LogP contribution in [0.5, 0.6) is 0 Å². The second-order valence-corrected chi connectivity index (χ2v) is 4.30. The topological polar surface area (TPSA) is 61.8 Å². The largest absolute Gasteiger partial charge is 0.374 e. The lowest BCUT2D eigenvalue weighted by atomic mass is 9.84. The number of hydrogen-bond donors (Lipinski definition) is 2. The lowest BCUT2D eigenvalue weighted by molar-refractivity contribution is 0.120. The first-order valence-corrected chi connectivity index (χ1v) is 6.02. The molecule has 0 spiro atoms. The SMILES string of the molecule is OC(c1ccccc1)(c1ccccc1)c1c[nH]nn1. The van der Waals surface area contributed by atoms with Crippen LogP contribution in [0.15, 0.2) is 66.9 Å². The highest BCUT2D eigenvalue weighted by Crippen LogP contribution is 2.34. The Balaban J connectivity index is 2.23. The number of aromatic nitrogens is 3. The van der Waals surface area contributed by atoms with Crippen molar-refractivity contribution < 1.29 is 5.11 Å². The number of H-pyrrole nitrogens is 1. The second-order valence-electron chi connectivity index (χ2n) is 4.30. The highest BCUT2D eigenvalue weighted by molar-refractivity contribution is 5.43. The van der Waals surface area contributed by atoms with Gasteiger partial charge >= 0.3 is 0 Å². The summed E-state index contributed by atoms with van der Waals surface area (Å²) in [7, 11) is 0. The van der Waals surface area contributed by atoms with Gasteiger partial charge in [-0.1, -0.05) is 65.9 Å². The number of aliphatic hydroxyl groups is 1. The summed E-state index contributed by atoms with van der Waals surface area (Å²) >= 11 is 0. The Morgan fingerprint density at radius 2 is 1.37 bits per heavy atom. The van der Waals surface area contributed by atoms with E-state index in [1.807, 2.05) is 60.7 Å². The van der Waals surface area contributed by atoms with Crippen molar-refractivity contribution in [2.24, 2.45) is 0 Å². The molecule has 0 bridgehead atoms. The van der Waals surface area contributed by atoms with E-state index in [2.05, 4.69) is 15.4 Å². The van der Waals surface area contributed by atoms with Gasteiger partial charge in [-0.3, -0.25) is 5.10 Å². The first-order chi connectivity index (χ1) is 9.32. The molecular weight excluding hydrogens is 238 g/mol. The molecule has 0 aliphatic heterocycles. The van der Waals surface area contributed by atoms with Crippen molar-refractivity contribution in [2.45, 2.75) is 5.60 Å². The van der Waals surface area contributed by atoms with Crippen molar-refractivity contribution in [2.75, 3.05) is 0 Å². The van der Waals surface area contributed by atoms with Gasteiger partial charge in [-0.05, 0) is 11.1 Å². The van der Waals surface area contributed by atoms with Crippen LogP contribution in [0.4, 0.5) is 0 Å². The summed E-state index contributed by atoms with van der Waals surface area (Å²) in [6.45, 7) is 0. The minimum Gasteiger partial charge on any atom is -0.374 e. The summed E-state index contributed by atoms with van der Waals surface area (Å²) in [6, 6.07) is 18.9. The lowest BCUT2D eigenvalue weighted by Crippen LogP contribution is -2.29. The monoisotopic (exact) mass is 251 g/mol. The Labute approximate surface area is 110 Å². The van der Waals surface area contributed by atoms with E-state index >= 15 is 0 Å². The van der Waals surface area contributed by atoms with Crippen LogP contribution < -0.4 is 0 Å². The molecule has 0 aliphatic rings. The fourth-order valence-electron chi connectivity index (χ4n) is 2.20. The molecule has 3 aromatic rings. The van der Waals surface area contributed by atoms with Crippen LogP contribution in [-0.2, 0) is 5.60 Å². The molecular formula is C15H13N3O. The van der Waals surface area contributed by atoms with Crippen molar-refractivity contribution in [3.05, 3.63) is 83.7 Å². The van der Waals surface area contributed by atoms with Crippen LogP contribution in [0, 0.1) is 0 Å². The van der Waals surface area contributed by atoms with Crippen LogP contribution in [0.25, 0.3) is 0 Å². The molecule has 0 unspecified atom stereocenters. The molecule has 3 rings (SSSR count). The van der Waals surface area contributed by atoms with E-state index in [1.165, 1.54) is 0 Å². The summed E-state index contributed by atoms with van der Waals surface area (Å²) < 4.78 is 0. The quantitative estimate of drug-likeness (QED) is 0.749. The average Bonchev–Trinajstić information content (AvgIpc) is 3.03. The molecule has 4 heteroatoms. The van der Waals surface area contributed by atoms with Gasteiger partial charge in [0, 0.05) is 6.20 Å². The summed E-state index contributed by atoms with van der Waals surface area (Å²) in [5.74, 6) is 0. The standard InChI is InChI=1S/C15H13N3O/c19-15(14-11-16-18-17-14,12-7-3-1-4-8-12)13-9-5-2-6-10-13/h1-11,19H,(H,16,17,18). The predicted octanol–water partition coefficient (Wildman–Crippen LogP) is 2.09. The van der Waals surface area contributed by atoms with E-state index in [0.29, 0.717) is 5.69 Å². The summed E-state index contributed by atoms with van der Waals surface area (Å²) in [4.78, 5) is 0. The Kier molecular flexibility index (Phi) is 2.85. The maximum atomic E-state index is 11.2. The van der Waals surface area contributed by atoms with Crippen molar-refractivity contribution in [1.82, 2.24) is 15.4 Å². The molecule has 0 amide bonds. The van der Waals surface area contributed by atoms with Gasteiger partial charge in [-0.2, -0.15) is 0 Å². The molecule has 1 heterocycles. The van der Waals surface area contributed by atoms with Crippen LogP contribution in [0.1, 0.15) is 16.8 Å². The maximum Gasteiger partial charge on any atom is 0.160 e. The number of aromatic amines is 1. The highest BCUT2D eigenvalue weighted by Gasteiger charge is 2.35. The van der Waals surface area contributed by atoms with Gasteiger partial charge in [-0.15, -0.1) is 5.10 Å². The van der Waals surface area contributed by atoms with Gasteiger partial charge in [0.25, 0.3) is 0 Å². The fourth-order valence-corrected chi connectivity index (χ4v) is 2.20. The minimum atomic E-state index is -1.30. The number of nitrogens with one attached hydrogen (secondary N) is 1. The van der Waals surface area contributed by atoms with Gasteiger partial charge in [0.1, 0.15) is 5.69 Å². The molecule has 94 valence electrons. The molecule has 0 fully saturated rings. The van der Waals surface area contributed by atoms with Crippen LogP contribution >= 0.6 is 0 Å². The van der Waals surface area contributed by atoms with E-state index < -0.39 is 5.60 Å². The number of hydrogen-bond acceptors (Lipinski definition) is 3. The predicted molar refractivity (Wildman–Crippen MR) is 71.4 cm³/mol. The molecule has 2 N–H and O–H groups in total. The summed E-state index contributed by atoms with van der Waals surface area (Å²) in [5, 5.41) is 21.5. The molecule has 0 atom stereocenters. The van der Waals surface area contributed by atoms with Crippen LogP contribution in [-0.4, -0.2) is 20.5 Å². The molecule has 1 aromatic heterocycles. The molecule has 0 radical (unpaired) electrons. The van der Waals surface area contributed by atoms with Gasteiger partial charge in [0.15, 0.2) is 5.60 Å². The second kappa shape index (κ2) is 4.66. The van der Waals surface area contributed by atoms with Crippen molar-refractivity contribution in [3.63, 3.8) is 0 Å². The molecule has 0 aliphatic carbocycles. The minimum absolute atomic E-state index is 0.477. The molecule has 0 saturated heterocycles. The average molecular weight is 251 g/mol. The third-order valence-corrected chi connectivity index (χ3v) is 3.17. The van der Waals surface area contributed by atoms with E-state index in [1.54, 1.807) is 6.20 Å². The van der Waals surface area contributed by atoms with Gasteiger partial charge in [0.2, 0.25) is 0 Å². The lowest BCUT2D eigenvalue weighted by Gasteiger charge is -2.27. The number of nitrogens with zero attached hydrogens (tertiary/aromatic N) is 2. The number of rotatable bonds is 3. The van der Waals surface area contributed by atoms with Gasteiger partial charge in [-0.25, -0.2) is 0 Å². The maximum absolute atomic E-state index is 11.2. The first kappa shape index (κ1) is 11.6. The zero-order valence-corrected chi connectivity index (χ0v) is 10.2. The van der Waals surface area contributed by atoms with E-state index in [4.69, 9.17) is 0 Å². The third-order valence-electron chi connectivity index (χ3n) is 3.17. The Morgan fingerprint density at radius 3 is 1.79 bits per heavy atom. The number of benzene rings is 2. The Hall–Kier alpha value is -2.46. The van der Waals surface area contributed by atoms with Crippen LogP contribution in [0.2, 0.25) is 0 Å². The highest BCUT2D eigenvalue weighted by atomic mass is 16.3. The fraction of sp³-hybridized carbons (Fsp3) is 0.0667. The normalized spacial score (nSPS) is 11.4. The van der Waals surface area contributed by atoms with Crippen molar-refractivity contribution in [1.29, 1.82) is 0 Å². The van der Waals surface area contributed by atoms with Crippen molar-refractivity contribution in [3.8, 4) is 0 Å². The summed E-state index contributed by atoms with van der Waals surface area (Å²) in [5.41, 5.74) is 0.699. The molecule has 0 saturated carbocycles. The zero-order chi connectivity index (χ0) is 13.1. The zero-order valence-electron chi connectivity index (χ0n) is 10.2. The van der Waals surface area contributed by atoms with Gasteiger partial charge < -0.3 is 5.11 Å². The van der Waals surface area contributed by atoms with E-state index in [0.717, 1.165) is 11.1 Å². The first-order valence-electron chi connectivity index (χ1n) is 6.02. The van der Waals surface area contributed by atoms with Gasteiger partial charge in [0.05, 0.1) is 0 Å². The van der Waals surface area contributed by atoms with E-state index in [-0.39, 0.29) is 0 Å². The molecule has 4 nitrogen and oxygen atoms in total.